The number of nitrogens with one attached hydrogen (secondary N) is 2. The third kappa shape index (κ3) is 9.02. The van der Waals surface area contributed by atoms with E-state index in [1.165, 1.54) is 13.2 Å². The van der Waals surface area contributed by atoms with Crippen LogP contribution in [0.1, 0.15) is 6.42 Å². The Morgan fingerprint density at radius 3 is 2.50 bits per heavy atom. The van der Waals surface area contributed by atoms with Crippen molar-refractivity contribution < 1.29 is 69.2 Å². The highest BCUT2D eigenvalue weighted by Crippen LogP contribution is 2.36. The number of carbonyl (C=O) groups excluding carboxylic acids is 2. The van der Waals surface area contributed by atoms with Gasteiger partial charge in [-0.2, -0.15) is 0 Å². The number of esters is 1. The molecule has 0 aliphatic carbocycles. The normalized spacial score (nSPS) is 36.8. The number of rotatable bonds is 14. The predicted octanol–water partition coefficient (Wildman–Crippen LogP) is -6.28. The van der Waals surface area contributed by atoms with E-state index in [0.29, 0.717) is 13.0 Å². The average Bonchev–Trinajstić information content (AvgIpc) is 3.04. The molecular weight excluding hydrogens is 612 g/mol. The van der Waals surface area contributed by atoms with Crippen LogP contribution in [0.25, 0.3) is 0 Å². The van der Waals surface area contributed by atoms with Crippen LogP contribution < -0.4 is 21.1 Å². The molecule has 17 heteroatoms. The summed E-state index contributed by atoms with van der Waals surface area (Å²) >= 11 is 0. The number of aliphatic imine (C=N–C) groups is 1. The Labute approximate surface area is 266 Å². The Bertz CT molecular complexity index is 1120. The highest BCUT2D eigenvalue weighted by molar-refractivity contribution is 5.89. The van der Waals surface area contributed by atoms with Crippen molar-refractivity contribution in [3.05, 3.63) is 36.6 Å². The van der Waals surface area contributed by atoms with Crippen LogP contribution in [0.4, 0.5) is 0 Å². The minimum atomic E-state index is -1.72. The molecule has 0 aromatic rings. The van der Waals surface area contributed by atoms with Gasteiger partial charge in [-0.25, -0.2) is 4.79 Å². The first-order chi connectivity index (χ1) is 22.0. The van der Waals surface area contributed by atoms with Gasteiger partial charge in [-0.05, 0) is 6.42 Å². The number of piperidine rings is 1. The minimum Gasteiger partial charge on any atom is -0.550 e. The number of aliphatic carboxylic acids is 1. The Morgan fingerprint density at radius 2 is 1.89 bits per heavy atom. The van der Waals surface area contributed by atoms with E-state index in [2.05, 4.69) is 16.9 Å². The third-order valence-electron chi connectivity index (χ3n) is 8.40. The number of ether oxygens (including phenoxy) is 4. The van der Waals surface area contributed by atoms with Crippen LogP contribution in [-0.4, -0.2) is 145 Å². The van der Waals surface area contributed by atoms with Crippen LogP contribution in [0.5, 0.6) is 0 Å². The molecule has 0 saturated carbocycles. The van der Waals surface area contributed by atoms with E-state index in [4.69, 9.17) is 29.8 Å². The fourth-order valence-corrected chi connectivity index (χ4v) is 5.93. The van der Waals surface area contributed by atoms with Crippen LogP contribution in [0.2, 0.25) is 0 Å². The molecule has 12 unspecified atom stereocenters. The van der Waals surface area contributed by atoms with Gasteiger partial charge < -0.3 is 75.4 Å². The molecule has 3 heterocycles. The van der Waals surface area contributed by atoms with Crippen molar-refractivity contribution in [2.75, 3.05) is 53.1 Å². The molecule has 0 amide bonds. The highest BCUT2D eigenvalue weighted by Gasteiger charge is 2.47. The summed E-state index contributed by atoms with van der Waals surface area (Å²) in [6.45, 7) is 3.89. The zero-order valence-corrected chi connectivity index (χ0v) is 25.6. The number of carbonyl (C=O) groups is 2. The Balaban J connectivity index is 1.95. The third-order valence-corrected chi connectivity index (χ3v) is 8.40. The Hall–Kier alpha value is -3.13. The number of quaternary nitrogens is 1. The summed E-state index contributed by atoms with van der Waals surface area (Å²) in [4.78, 5) is 30.0. The summed E-state index contributed by atoms with van der Waals surface area (Å²) in [6, 6.07) is -0.796. The van der Waals surface area contributed by atoms with E-state index in [1.54, 1.807) is 12.2 Å². The van der Waals surface area contributed by atoms with E-state index in [0.717, 1.165) is 11.2 Å². The molecule has 0 radical (unpaired) electrons. The molecule has 10 N–H and O–H groups in total. The van der Waals surface area contributed by atoms with Gasteiger partial charge in [0.2, 0.25) is 6.29 Å². The molecule has 2 saturated heterocycles. The molecule has 0 aromatic heterocycles. The second-order valence-corrected chi connectivity index (χ2v) is 11.4. The number of aliphatic hydroxyl groups is 6. The maximum absolute atomic E-state index is 12.8. The molecule has 17 nitrogen and oxygen atoms in total. The monoisotopic (exact) mass is 658 g/mol. The van der Waals surface area contributed by atoms with Crippen molar-refractivity contribution in [1.29, 1.82) is 0 Å². The SMILES string of the molecule is C=CC1C(OC2OC(CO)C(O)C(O)C2O)OC=C(C(=O)OC)C1C=CC1C[NH+](CCO)CC(C(=O)[O-])C1NC(N)=NCCCO. The van der Waals surface area contributed by atoms with Gasteiger partial charge in [0.25, 0.3) is 0 Å². The maximum atomic E-state index is 12.8. The smallest absolute Gasteiger partial charge is 0.337 e. The summed E-state index contributed by atoms with van der Waals surface area (Å²) in [6.07, 6.45) is -2.77. The molecule has 2 fully saturated rings. The number of allylic oxidation sites excluding steroid dienone is 1. The van der Waals surface area contributed by atoms with Crippen molar-refractivity contribution in [1.82, 2.24) is 5.32 Å². The molecule has 3 aliphatic rings. The Kier molecular flexibility index (Phi) is 14.4. The lowest BCUT2D eigenvalue weighted by molar-refractivity contribution is -0.911. The van der Waals surface area contributed by atoms with Crippen molar-refractivity contribution in [3.63, 3.8) is 0 Å². The standard InChI is InChI=1S/C29H46N4O13/c1-3-16-17(19(26(42)43-2)14-44-27(16)46-28-24(39)23(38)22(37)20(13-36)45-28)6-5-15-11-33(8-10-35)12-18(25(40)41)21(15)32-29(30)31-7-4-9-34/h3,5-6,14-18,20-24,27-28,34-39H,1,4,7-13H2,2H3,(H,40,41)(H3,30,31,32). The van der Waals surface area contributed by atoms with Crippen LogP contribution >= 0.6 is 0 Å². The molecule has 0 spiro atoms. The number of nitrogens with zero attached hydrogens (tertiary/aromatic N) is 1. The van der Waals surface area contributed by atoms with Crippen LogP contribution in [0, 0.1) is 23.7 Å². The van der Waals surface area contributed by atoms with Gasteiger partial charge in [0.05, 0.1) is 69.1 Å². The molecule has 12 atom stereocenters. The van der Waals surface area contributed by atoms with Crippen molar-refractivity contribution >= 4 is 17.9 Å². The number of likely N-dealkylation sites (tertiary alicyclic amines) is 1. The number of aliphatic hydroxyl groups excluding tert-OH is 6. The summed E-state index contributed by atoms with van der Waals surface area (Å²) < 4.78 is 21.9. The van der Waals surface area contributed by atoms with Gasteiger partial charge in [0, 0.05) is 25.0 Å². The topological polar surface area (TPSA) is 270 Å². The number of hydrogen-bond donors (Lipinski definition) is 9. The van der Waals surface area contributed by atoms with Gasteiger partial charge in [-0.3, -0.25) is 4.99 Å². The van der Waals surface area contributed by atoms with E-state index in [9.17, 15) is 40.2 Å². The van der Waals surface area contributed by atoms with Gasteiger partial charge >= 0.3 is 5.97 Å². The lowest BCUT2D eigenvalue weighted by Crippen LogP contribution is -3.16. The molecular formula is C29H46N4O13. The highest BCUT2D eigenvalue weighted by atomic mass is 16.8. The summed E-state index contributed by atoms with van der Waals surface area (Å²) in [5.74, 6) is -5.32. The van der Waals surface area contributed by atoms with E-state index >= 15 is 0 Å². The summed E-state index contributed by atoms with van der Waals surface area (Å²) in [7, 11) is 1.18. The average molecular weight is 659 g/mol. The first kappa shape index (κ1) is 37.3. The quantitative estimate of drug-likeness (QED) is 0.0276. The van der Waals surface area contributed by atoms with E-state index < -0.39 is 85.3 Å². The fraction of sp³-hybridized carbons (Fsp3) is 0.690. The second kappa shape index (κ2) is 17.7. The van der Waals surface area contributed by atoms with Gasteiger partial charge in [0.1, 0.15) is 31.0 Å². The molecule has 3 aliphatic heterocycles. The van der Waals surface area contributed by atoms with E-state index in [1.807, 2.05) is 0 Å². The Morgan fingerprint density at radius 1 is 1.15 bits per heavy atom. The van der Waals surface area contributed by atoms with Crippen LogP contribution in [0.15, 0.2) is 41.6 Å². The second-order valence-electron chi connectivity index (χ2n) is 11.4. The van der Waals surface area contributed by atoms with Crippen LogP contribution in [0.3, 0.4) is 0 Å². The number of carboxylic acid groups (broad SMARTS) is 1. The molecule has 0 aromatic carbocycles. The van der Waals surface area contributed by atoms with Crippen molar-refractivity contribution in [2.24, 2.45) is 34.4 Å². The lowest BCUT2D eigenvalue weighted by Gasteiger charge is -2.43. The van der Waals surface area contributed by atoms with Gasteiger partial charge in [-0.1, -0.05) is 18.2 Å². The van der Waals surface area contributed by atoms with Crippen molar-refractivity contribution in [3.8, 4) is 0 Å². The number of hydrogen-bond acceptors (Lipinski definition) is 14. The molecule has 46 heavy (non-hydrogen) atoms. The van der Waals surface area contributed by atoms with Gasteiger partial charge in [-0.15, -0.1) is 6.58 Å². The fourth-order valence-electron chi connectivity index (χ4n) is 5.93. The number of nitrogens with two attached hydrogens (primary N) is 1. The van der Waals surface area contributed by atoms with Crippen molar-refractivity contribution in [2.45, 2.75) is 49.5 Å². The van der Waals surface area contributed by atoms with E-state index in [-0.39, 0.29) is 44.4 Å². The van der Waals surface area contributed by atoms with Gasteiger partial charge in [0.15, 0.2) is 12.2 Å². The first-order valence-electron chi connectivity index (χ1n) is 15.0. The lowest BCUT2D eigenvalue weighted by atomic mass is 9.79. The zero-order chi connectivity index (χ0) is 34.0. The summed E-state index contributed by atoms with van der Waals surface area (Å²) in [5.41, 5.74) is 6.13. The minimum absolute atomic E-state index is 0.0214. The zero-order valence-electron chi connectivity index (χ0n) is 25.6. The first-order valence-corrected chi connectivity index (χ1v) is 15.0. The molecule has 0 bridgehead atoms. The number of methoxy groups -OCH3 is 1. The molecule has 260 valence electrons. The van der Waals surface area contributed by atoms with Crippen LogP contribution in [-0.2, 0) is 28.5 Å². The number of guanidine groups is 1. The maximum Gasteiger partial charge on any atom is 0.337 e. The molecule has 3 rings (SSSR count). The largest absolute Gasteiger partial charge is 0.550 e. The summed E-state index contributed by atoms with van der Waals surface area (Å²) in [5, 5.41) is 74.3. The number of carboxylic acids is 1. The predicted molar refractivity (Wildman–Crippen MR) is 156 cm³/mol.